The van der Waals surface area contributed by atoms with Gasteiger partial charge in [-0.15, -0.1) is 0 Å². The van der Waals surface area contributed by atoms with Crippen LogP contribution in [0.25, 0.3) is 0 Å². The summed E-state index contributed by atoms with van der Waals surface area (Å²) in [5.74, 6) is 0.523. The normalized spacial score (nSPS) is 22.9. The van der Waals surface area contributed by atoms with Gasteiger partial charge in [0.05, 0.1) is 19.3 Å². The predicted molar refractivity (Wildman–Crippen MR) is 72.4 cm³/mol. The van der Waals surface area contributed by atoms with Gasteiger partial charge in [0.1, 0.15) is 0 Å². The SMILES string of the molecule is Cc1ccccc1C(OCC1CCOC1)C(C)N. The smallest absolute Gasteiger partial charge is 0.0975 e. The summed E-state index contributed by atoms with van der Waals surface area (Å²) in [6, 6.07) is 8.29. The van der Waals surface area contributed by atoms with Gasteiger partial charge < -0.3 is 15.2 Å². The van der Waals surface area contributed by atoms with Crippen LogP contribution in [-0.4, -0.2) is 25.9 Å². The fraction of sp³-hybridized carbons (Fsp3) is 0.600. The topological polar surface area (TPSA) is 44.5 Å². The molecule has 1 heterocycles. The third-order valence-corrected chi connectivity index (χ3v) is 3.51. The maximum atomic E-state index is 6.07. The van der Waals surface area contributed by atoms with E-state index in [-0.39, 0.29) is 12.1 Å². The van der Waals surface area contributed by atoms with E-state index in [9.17, 15) is 0 Å². The molecule has 1 aromatic rings. The van der Waals surface area contributed by atoms with Crippen molar-refractivity contribution >= 4 is 0 Å². The molecule has 0 amide bonds. The lowest BCUT2D eigenvalue weighted by Gasteiger charge is -2.24. The van der Waals surface area contributed by atoms with E-state index in [1.54, 1.807) is 0 Å². The van der Waals surface area contributed by atoms with Gasteiger partial charge in [0.2, 0.25) is 0 Å². The van der Waals surface area contributed by atoms with Crippen molar-refractivity contribution in [3.63, 3.8) is 0 Å². The molecule has 0 aliphatic carbocycles. The Hall–Kier alpha value is -0.900. The van der Waals surface area contributed by atoms with Gasteiger partial charge in [-0.25, -0.2) is 0 Å². The largest absolute Gasteiger partial charge is 0.381 e. The van der Waals surface area contributed by atoms with Crippen LogP contribution in [0.3, 0.4) is 0 Å². The van der Waals surface area contributed by atoms with Crippen molar-refractivity contribution in [1.29, 1.82) is 0 Å². The van der Waals surface area contributed by atoms with E-state index in [2.05, 4.69) is 19.1 Å². The van der Waals surface area contributed by atoms with Crippen LogP contribution in [0, 0.1) is 12.8 Å². The van der Waals surface area contributed by atoms with Crippen LogP contribution in [0.1, 0.15) is 30.6 Å². The number of hydrogen-bond donors (Lipinski definition) is 1. The fourth-order valence-corrected chi connectivity index (χ4v) is 2.39. The van der Waals surface area contributed by atoms with Crippen molar-refractivity contribution in [3.8, 4) is 0 Å². The van der Waals surface area contributed by atoms with Crippen LogP contribution in [0.2, 0.25) is 0 Å². The average Bonchev–Trinajstić information content (AvgIpc) is 2.84. The minimum absolute atomic E-state index is 0.00609. The highest BCUT2D eigenvalue weighted by Gasteiger charge is 2.22. The maximum absolute atomic E-state index is 6.07. The van der Waals surface area contributed by atoms with E-state index in [0.29, 0.717) is 5.92 Å². The summed E-state index contributed by atoms with van der Waals surface area (Å²) >= 11 is 0. The van der Waals surface area contributed by atoms with E-state index in [1.807, 2.05) is 19.1 Å². The summed E-state index contributed by atoms with van der Waals surface area (Å²) in [6.45, 7) is 6.52. The molecule has 3 heteroatoms. The van der Waals surface area contributed by atoms with Gasteiger partial charge >= 0.3 is 0 Å². The molecule has 2 rings (SSSR count). The summed E-state index contributed by atoms with van der Waals surface area (Å²) in [5, 5.41) is 0. The molecule has 1 fully saturated rings. The van der Waals surface area contributed by atoms with Crippen LogP contribution in [0.5, 0.6) is 0 Å². The van der Waals surface area contributed by atoms with Crippen molar-refractivity contribution in [2.24, 2.45) is 11.7 Å². The van der Waals surface area contributed by atoms with Crippen molar-refractivity contribution < 1.29 is 9.47 Å². The predicted octanol–water partition coefficient (Wildman–Crippen LogP) is 2.44. The third kappa shape index (κ3) is 3.31. The molecule has 0 spiro atoms. The Morgan fingerprint density at radius 2 is 2.22 bits per heavy atom. The number of ether oxygens (including phenoxy) is 2. The average molecular weight is 249 g/mol. The Morgan fingerprint density at radius 1 is 1.44 bits per heavy atom. The molecular weight excluding hydrogens is 226 g/mol. The number of rotatable bonds is 5. The molecule has 0 radical (unpaired) electrons. The number of benzene rings is 1. The Bertz CT molecular complexity index is 373. The van der Waals surface area contributed by atoms with Gasteiger partial charge in [0.15, 0.2) is 0 Å². The second kappa shape index (κ2) is 6.32. The van der Waals surface area contributed by atoms with Gasteiger partial charge in [0.25, 0.3) is 0 Å². The third-order valence-electron chi connectivity index (χ3n) is 3.51. The molecule has 3 atom stereocenters. The highest BCUT2D eigenvalue weighted by atomic mass is 16.5. The molecule has 0 saturated carbocycles. The summed E-state index contributed by atoms with van der Waals surface area (Å²) in [6.07, 6.45) is 1.08. The van der Waals surface area contributed by atoms with Crippen LogP contribution < -0.4 is 5.73 Å². The highest BCUT2D eigenvalue weighted by molar-refractivity contribution is 5.28. The minimum atomic E-state index is -0.0215. The number of hydrogen-bond acceptors (Lipinski definition) is 3. The standard InChI is InChI=1S/C15H23NO2/c1-11-5-3-4-6-14(11)15(12(2)16)18-10-13-7-8-17-9-13/h3-6,12-13,15H,7-10,16H2,1-2H3. The molecule has 1 aliphatic heterocycles. The first-order chi connectivity index (χ1) is 8.68. The second-order valence-corrected chi connectivity index (χ2v) is 5.20. The van der Waals surface area contributed by atoms with Crippen molar-refractivity contribution in [2.45, 2.75) is 32.4 Å². The van der Waals surface area contributed by atoms with Crippen molar-refractivity contribution in [1.82, 2.24) is 0 Å². The van der Waals surface area contributed by atoms with Crippen LogP contribution in [0.15, 0.2) is 24.3 Å². The molecule has 1 aliphatic rings. The van der Waals surface area contributed by atoms with Gasteiger partial charge in [-0.05, 0) is 31.4 Å². The molecule has 3 nitrogen and oxygen atoms in total. The second-order valence-electron chi connectivity index (χ2n) is 5.20. The lowest BCUT2D eigenvalue weighted by atomic mass is 9.99. The Labute approximate surface area is 109 Å². The van der Waals surface area contributed by atoms with E-state index < -0.39 is 0 Å². The van der Waals surface area contributed by atoms with Crippen LogP contribution in [0.4, 0.5) is 0 Å². The van der Waals surface area contributed by atoms with Gasteiger partial charge in [-0.3, -0.25) is 0 Å². The first kappa shape index (κ1) is 13.5. The number of aryl methyl sites for hydroxylation is 1. The molecule has 2 N–H and O–H groups in total. The first-order valence-corrected chi connectivity index (χ1v) is 6.69. The molecule has 18 heavy (non-hydrogen) atoms. The molecule has 3 unspecified atom stereocenters. The van der Waals surface area contributed by atoms with Gasteiger partial charge in [-0.1, -0.05) is 24.3 Å². The molecule has 0 bridgehead atoms. The fourth-order valence-electron chi connectivity index (χ4n) is 2.39. The first-order valence-electron chi connectivity index (χ1n) is 6.69. The molecule has 100 valence electrons. The molecular formula is C15H23NO2. The van der Waals surface area contributed by atoms with E-state index in [4.69, 9.17) is 15.2 Å². The quantitative estimate of drug-likeness (QED) is 0.871. The summed E-state index contributed by atoms with van der Waals surface area (Å²) in [7, 11) is 0. The van der Waals surface area contributed by atoms with Crippen molar-refractivity contribution in [3.05, 3.63) is 35.4 Å². The lowest BCUT2D eigenvalue weighted by molar-refractivity contribution is 0.0131. The summed E-state index contributed by atoms with van der Waals surface area (Å²) < 4.78 is 11.4. The minimum Gasteiger partial charge on any atom is -0.381 e. The summed E-state index contributed by atoms with van der Waals surface area (Å²) in [4.78, 5) is 0. The van der Waals surface area contributed by atoms with Gasteiger partial charge in [-0.2, -0.15) is 0 Å². The number of nitrogens with two attached hydrogens (primary N) is 1. The lowest BCUT2D eigenvalue weighted by Crippen LogP contribution is -2.29. The van der Waals surface area contributed by atoms with E-state index in [1.165, 1.54) is 11.1 Å². The zero-order valence-corrected chi connectivity index (χ0v) is 11.3. The monoisotopic (exact) mass is 249 g/mol. The zero-order chi connectivity index (χ0) is 13.0. The Balaban J connectivity index is 2.01. The van der Waals surface area contributed by atoms with Crippen molar-refractivity contribution in [2.75, 3.05) is 19.8 Å². The van der Waals surface area contributed by atoms with E-state index >= 15 is 0 Å². The Morgan fingerprint density at radius 3 is 2.83 bits per heavy atom. The zero-order valence-electron chi connectivity index (χ0n) is 11.3. The van der Waals surface area contributed by atoms with Crippen LogP contribution >= 0.6 is 0 Å². The molecule has 0 aromatic heterocycles. The molecule has 1 saturated heterocycles. The Kier molecular flexibility index (Phi) is 4.75. The summed E-state index contributed by atoms with van der Waals surface area (Å²) in [5.41, 5.74) is 8.50. The highest BCUT2D eigenvalue weighted by Crippen LogP contribution is 2.25. The van der Waals surface area contributed by atoms with Gasteiger partial charge in [0, 0.05) is 18.6 Å². The van der Waals surface area contributed by atoms with Crippen LogP contribution in [-0.2, 0) is 9.47 Å². The maximum Gasteiger partial charge on any atom is 0.0975 e. The molecule has 1 aromatic carbocycles. The van der Waals surface area contributed by atoms with E-state index in [0.717, 1.165) is 26.2 Å².